The molecule has 1 aromatic rings. The van der Waals surface area contributed by atoms with Crippen LogP contribution < -0.4 is 0 Å². The van der Waals surface area contributed by atoms with Crippen molar-refractivity contribution < 1.29 is 9.59 Å². The van der Waals surface area contributed by atoms with E-state index in [-0.39, 0.29) is 11.6 Å². The summed E-state index contributed by atoms with van der Waals surface area (Å²) in [4.78, 5) is 22.7. The molecule has 0 bridgehead atoms. The molecule has 0 aliphatic rings. The van der Waals surface area contributed by atoms with Crippen LogP contribution in [0.1, 0.15) is 20.7 Å². The summed E-state index contributed by atoms with van der Waals surface area (Å²) in [6.45, 7) is 6.75. The highest BCUT2D eigenvalue weighted by Crippen LogP contribution is 2.11. The van der Waals surface area contributed by atoms with Crippen LogP contribution in [0.2, 0.25) is 0 Å². The molecule has 0 N–H and O–H groups in total. The highest BCUT2D eigenvalue weighted by Gasteiger charge is 2.11. The zero-order valence-electron chi connectivity index (χ0n) is 7.69. The third-order valence-corrected chi connectivity index (χ3v) is 1.83. The van der Waals surface area contributed by atoms with Crippen molar-refractivity contribution in [2.75, 3.05) is 0 Å². The number of ketones is 2. The van der Waals surface area contributed by atoms with Gasteiger partial charge in [0, 0.05) is 11.1 Å². The summed E-state index contributed by atoms with van der Waals surface area (Å²) in [6, 6.07) is 6.61. The average molecular weight is 186 g/mol. The molecule has 0 aromatic heterocycles. The molecule has 1 aromatic carbocycles. The van der Waals surface area contributed by atoms with Crippen molar-refractivity contribution in [2.45, 2.75) is 0 Å². The van der Waals surface area contributed by atoms with Crippen LogP contribution in [-0.4, -0.2) is 11.6 Å². The SMILES string of the molecule is C=CC(=O)c1ccccc1C(=O)C=C. The van der Waals surface area contributed by atoms with Gasteiger partial charge in [-0.25, -0.2) is 0 Å². The highest BCUT2D eigenvalue weighted by atomic mass is 16.1. The van der Waals surface area contributed by atoms with E-state index in [1.54, 1.807) is 24.3 Å². The second-order valence-electron chi connectivity index (χ2n) is 2.68. The number of hydrogen-bond donors (Lipinski definition) is 0. The molecule has 2 heteroatoms. The van der Waals surface area contributed by atoms with Gasteiger partial charge in [-0.1, -0.05) is 37.4 Å². The average Bonchev–Trinajstić information content (AvgIpc) is 2.27. The van der Waals surface area contributed by atoms with Gasteiger partial charge in [-0.05, 0) is 12.2 Å². The predicted octanol–water partition coefficient (Wildman–Crippen LogP) is 2.42. The first-order valence-electron chi connectivity index (χ1n) is 4.13. The molecule has 0 fully saturated rings. The van der Waals surface area contributed by atoms with Crippen LogP contribution in [0, 0.1) is 0 Å². The summed E-state index contributed by atoms with van der Waals surface area (Å²) < 4.78 is 0. The van der Waals surface area contributed by atoms with E-state index in [9.17, 15) is 9.59 Å². The molecule has 0 saturated carbocycles. The Balaban J connectivity index is 3.28. The Morgan fingerprint density at radius 3 is 1.57 bits per heavy atom. The first kappa shape index (κ1) is 10.1. The number of benzene rings is 1. The third kappa shape index (κ3) is 1.85. The second-order valence-corrected chi connectivity index (χ2v) is 2.68. The van der Waals surface area contributed by atoms with E-state index < -0.39 is 0 Å². The molecule has 0 unspecified atom stereocenters. The lowest BCUT2D eigenvalue weighted by Gasteiger charge is -2.01. The number of rotatable bonds is 4. The Bertz CT molecular complexity index is 364. The van der Waals surface area contributed by atoms with Crippen LogP contribution in [0.5, 0.6) is 0 Å². The molecule has 14 heavy (non-hydrogen) atoms. The van der Waals surface area contributed by atoms with Crippen molar-refractivity contribution in [1.82, 2.24) is 0 Å². The minimum absolute atomic E-state index is 0.254. The van der Waals surface area contributed by atoms with Crippen LogP contribution in [0.4, 0.5) is 0 Å². The zero-order chi connectivity index (χ0) is 10.6. The molecule has 0 atom stereocenters. The molecule has 0 aliphatic heterocycles. The van der Waals surface area contributed by atoms with Gasteiger partial charge >= 0.3 is 0 Å². The molecule has 1 rings (SSSR count). The van der Waals surface area contributed by atoms with Gasteiger partial charge in [0.15, 0.2) is 11.6 Å². The molecule has 70 valence electrons. The lowest BCUT2D eigenvalue weighted by atomic mass is 10.0. The van der Waals surface area contributed by atoms with Gasteiger partial charge in [-0.3, -0.25) is 9.59 Å². The normalized spacial score (nSPS) is 9.14. The number of carbonyl (C=O) groups is 2. The van der Waals surface area contributed by atoms with Gasteiger partial charge in [0.25, 0.3) is 0 Å². The van der Waals surface area contributed by atoms with Crippen molar-refractivity contribution in [2.24, 2.45) is 0 Å². The molecule has 0 saturated heterocycles. The minimum atomic E-state index is -0.254. The Morgan fingerprint density at radius 1 is 0.929 bits per heavy atom. The van der Waals surface area contributed by atoms with E-state index in [1.807, 2.05) is 0 Å². The van der Waals surface area contributed by atoms with Gasteiger partial charge in [0.1, 0.15) is 0 Å². The lowest BCUT2D eigenvalue weighted by molar-refractivity contribution is 0.101. The van der Waals surface area contributed by atoms with E-state index in [4.69, 9.17) is 0 Å². The fourth-order valence-corrected chi connectivity index (χ4v) is 1.13. The van der Waals surface area contributed by atoms with Crippen molar-refractivity contribution in [1.29, 1.82) is 0 Å². The summed E-state index contributed by atoms with van der Waals surface area (Å²) in [7, 11) is 0. The Kier molecular flexibility index (Phi) is 3.13. The van der Waals surface area contributed by atoms with E-state index in [0.29, 0.717) is 11.1 Å². The summed E-state index contributed by atoms with van der Waals surface area (Å²) in [6.07, 6.45) is 2.38. The fourth-order valence-electron chi connectivity index (χ4n) is 1.13. The van der Waals surface area contributed by atoms with Gasteiger partial charge < -0.3 is 0 Å². The first-order valence-corrected chi connectivity index (χ1v) is 4.13. The Morgan fingerprint density at radius 2 is 1.29 bits per heavy atom. The van der Waals surface area contributed by atoms with Crippen molar-refractivity contribution in [3.05, 3.63) is 60.7 Å². The summed E-state index contributed by atoms with van der Waals surface area (Å²) in [5.74, 6) is -0.508. The van der Waals surface area contributed by atoms with Gasteiger partial charge in [0.05, 0.1) is 0 Å². The maximum Gasteiger partial charge on any atom is 0.185 e. The maximum absolute atomic E-state index is 11.4. The molecule has 0 aliphatic carbocycles. The van der Waals surface area contributed by atoms with Crippen LogP contribution in [0.25, 0.3) is 0 Å². The lowest BCUT2D eigenvalue weighted by Crippen LogP contribution is -2.04. The van der Waals surface area contributed by atoms with E-state index >= 15 is 0 Å². The predicted molar refractivity (Wildman–Crippen MR) is 55.5 cm³/mol. The number of allylic oxidation sites excluding steroid dienone is 2. The molecule has 0 spiro atoms. The molecular weight excluding hydrogens is 176 g/mol. The molecule has 0 radical (unpaired) electrons. The fraction of sp³-hybridized carbons (Fsp3) is 0. The maximum atomic E-state index is 11.4. The van der Waals surface area contributed by atoms with E-state index in [1.165, 1.54) is 12.2 Å². The smallest absolute Gasteiger partial charge is 0.185 e. The monoisotopic (exact) mass is 186 g/mol. The molecule has 0 amide bonds. The molecule has 0 heterocycles. The zero-order valence-corrected chi connectivity index (χ0v) is 7.69. The van der Waals surface area contributed by atoms with Crippen LogP contribution in [-0.2, 0) is 0 Å². The van der Waals surface area contributed by atoms with E-state index in [2.05, 4.69) is 13.2 Å². The van der Waals surface area contributed by atoms with Gasteiger partial charge in [0.2, 0.25) is 0 Å². The summed E-state index contributed by atoms with van der Waals surface area (Å²) in [5.41, 5.74) is 0.736. The van der Waals surface area contributed by atoms with Crippen molar-refractivity contribution in [3.8, 4) is 0 Å². The first-order chi connectivity index (χ1) is 6.70. The van der Waals surface area contributed by atoms with Crippen LogP contribution in [0.3, 0.4) is 0 Å². The Hall–Kier alpha value is -1.96. The van der Waals surface area contributed by atoms with Gasteiger partial charge in [-0.2, -0.15) is 0 Å². The summed E-state index contributed by atoms with van der Waals surface area (Å²) in [5, 5.41) is 0. The molecular formula is C12H10O2. The van der Waals surface area contributed by atoms with Gasteiger partial charge in [-0.15, -0.1) is 0 Å². The number of hydrogen-bond acceptors (Lipinski definition) is 2. The topological polar surface area (TPSA) is 34.1 Å². The standard InChI is InChI=1S/C12H10O2/c1-3-11(13)9-7-5-6-8-10(9)12(14)4-2/h3-8H,1-2H2. The van der Waals surface area contributed by atoms with Crippen LogP contribution in [0.15, 0.2) is 49.6 Å². The van der Waals surface area contributed by atoms with Crippen molar-refractivity contribution in [3.63, 3.8) is 0 Å². The largest absolute Gasteiger partial charge is 0.289 e. The summed E-state index contributed by atoms with van der Waals surface area (Å²) >= 11 is 0. The molecule has 2 nitrogen and oxygen atoms in total. The number of carbonyl (C=O) groups excluding carboxylic acids is 2. The highest BCUT2D eigenvalue weighted by molar-refractivity contribution is 6.15. The second kappa shape index (κ2) is 4.33. The third-order valence-electron chi connectivity index (χ3n) is 1.83. The Labute approximate surface area is 82.6 Å². The van der Waals surface area contributed by atoms with Crippen LogP contribution >= 0.6 is 0 Å². The minimum Gasteiger partial charge on any atom is -0.289 e. The van der Waals surface area contributed by atoms with E-state index in [0.717, 1.165) is 0 Å². The quantitative estimate of drug-likeness (QED) is 0.534. The van der Waals surface area contributed by atoms with Crippen molar-refractivity contribution >= 4 is 11.6 Å².